The van der Waals surface area contributed by atoms with Crippen molar-refractivity contribution in [2.75, 3.05) is 0 Å². The van der Waals surface area contributed by atoms with Gasteiger partial charge in [0, 0.05) is 12.5 Å². The van der Waals surface area contributed by atoms with Crippen molar-refractivity contribution in [2.45, 2.75) is 102 Å². The summed E-state index contributed by atoms with van der Waals surface area (Å²) in [6.45, 7) is 2.24. The molecule has 1 aliphatic heterocycles. The van der Waals surface area contributed by atoms with Gasteiger partial charge in [-0.25, -0.2) is 0 Å². The van der Waals surface area contributed by atoms with Crippen LogP contribution in [0.3, 0.4) is 0 Å². The van der Waals surface area contributed by atoms with Crippen LogP contribution in [-0.2, 0) is 9.53 Å². The lowest BCUT2D eigenvalue weighted by molar-refractivity contribution is -0.121. The first-order valence-electron chi connectivity index (χ1n) is 10.7. The van der Waals surface area contributed by atoms with E-state index in [0.29, 0.717) is 24.7 Å². The molecule has 2 atom stereocenters. The molecule has 146 valence electrons. The Labute approximate surface area is 160 Å². The Bertz CT molecular complexity index is 477. The lowest BCUT2D eigenvalue weighted by Crippen LogP contribution is -2.24. The summed E-state index contributed by atoms with van der Waals surface area (Å²) in [6.07, 6.45) is 27.5. The molecule has 0 aromatic rings. The quantitative estimate of drug-likeness (QED) is 0.234. The minimum Gasteiger partial charge on any atom is -0.369 e. The second-order valence-electron chi connectivity index (χ2n) is 7.56. The zero-order valence-corrected chi connectivity index (χ0v) is 16.5. The number of unbranched alkanes of at least 4 members (excludes halogenated alkanes) is 3. The van der Waals surface area contributed by atoms with Gasteiger partial charge in [0.05, 0.1) is 12.2 Å². The largest absolute Gasteiger partial charge is 0.369 e. The van der Waals surface area contributed by atoms with Gasteiger partial charge in [0.1, 0.15) is 0 Å². The van der Waals surface area contributed by atoms with E-state index in [2.05, 4.69) is 48.7 Å². The van der Waals surface area contributed by atoms with E-state index in [1.807, 2.05) is 0 Å². The van der Waals surface area contributed by atoms with E-state index in [1.165, 1.54) is 38.5 Å². The van der Waals surface area contributed by atoms with Crippen LogP contribution < -0.4 is 5.32 Å². The Morgan fingerprint density at radius 3 is 2.42 bits per heavy atom. The summed E-state index contributed by atoms with van der Waals surface area (Å²) in [5, 5.41) is 3.03. The predicted molar refractivity (Wildman–Crippen MR) is 109 cm³/mol. The second-order valence-corrected chi connectivity index (χ2v) is 7.56. The van der Waals surface area contributed by atoms with Crippen LogP contribution in [0, 0.1) is 0 Å². The van der Waals surface area contributed by atoms with Crippen molar-refractivity contribution in [3.8, 4) is 0 Å². The zero-order chi connectivity index (χ0) is 18.5. The molecular formula is C23H37NO2. The summed E-state index contributed by atoms with van der Waals surface area (Å²) in [4.78, 5) is 11.5. The number of ether oxygens (including phenoxy) is 1. The molecule has 2 unspecified atom stereocenters. The molecule has 0 radical (unpaired) electrons. The Morgan fingerprint density at radius 1 is 0.962 bits per heavy atom. The lowest BCUT2D eigenvalue weighted by Gasteiger charge is -2.00. The summed E-state index contributed by atoms with van der Waals surface area (Å²) in [5.41, 5.74) is 0. The van der Waals surface area contributed by atoms with E-state index in [9.17, 15) is 4.79 Å². The molecular weight excluding hydrogens is 322 g/mol. The number of carbonyl (C=O) groups is 1. The van der Waals surface area contributed by atoms with Gasteiger partial charge in [0.15, 0.2) is 0 Å². The summed E-state index contributed by atoms with van der Waals surface area (Å²) >= 11 is 0. The van der Waals surface area contributed by atoms with Gasteiger partial charge in [-0.1, -0.05) is 62.6 Å². The van der Waals surface area contributed by atoms with E-state index in [0.717, 1.165) is 32.1 Å². The Kier molecular flexibility index (Phi) is 10.4. The molecule has 0 aromatic heterocycles. The highest BCUT2D eigenvalue weighted by atomic mass is 16.6. The van der Waals surface area contributed by atoms with Gasteiger partial charge in [0.2, 0.25) is 5.91 Å². The fraction of sp³-hybridized carbons (Fsp3) is 0.696. The van der Waals surface area contributed by atoms with Gasteiger partial charge >= 0.3 is 0 Å². The second kappa shape index (κ2) is 12.9. The monoisotopic (exact) mass is 359 g/mol. The molecule has 1 heterocycles. The molecule has 26 heavy (non-hydrogen) atoms. The van der Waals surface area contributed by atoms with Crippen molar-refractivity contribution in [3.63, 3.8) is 0 Å². The number of hydrogen-bond donors (Lipinski definition) is 1. The molecule has 1 aliphatic carbocycles. The van der Waals surface area contributed by atoms with Crippen molar-refractivity contribution in [3.05, 3.63) is 36.5 Å². The number of carbonyl (C=O) groups excluding carboxylic acids is 1. The molecule has 2 rings (SSSR count). The molecule has 0 aromatic carbocycles. The SMILES string of the molecule is CCCCCC1OC1C/C=C\C/C=C\C/C=C\CCCC(=O)NC1CC1. The number of epoxide rings is 1. The van der Waals surface area contributed by atoms with Gasteiger partial charge in [-0.05, 0) is 51.4 Å². The van der Waals surface area contributed by atoms with Gasteiger partial charge < -0.3 is 10.1 Å². The summed E-state index contributed by atoms with van der Waals surface area (Å²) < 4.78 is 5.69. The number of amides is 1. The third kappa shape index (κ3) is 10.6. The third-order valence-electron chi connectivity index (χ3n) is 4.91. The average molecular weight is 360 g/mol. The molecule has 3 nitrogen and oxygen atoms in total. The van der Waals surface area contributed by atoms with Gasteiger partial charge in [-0.15, -0.1) is 0 Å². The summed E-state index contributed by atoms with van der Waals surface area (Å²) in [7, 11) is 0. The van der Waals surface area contributed by atoms with E-state index in [4.69, 9.17) is 4.74 Å². The van der Waals surface area contributed by atoms with Gasteiger partial charge in [0.25, 0.3) is 0 Å². The van der Waals surface area contributed by atoms with E-state index >= 15 is 0 Å². The van der Waals surface area contributed by atoms with E-state index in [-0.39, 0.29) is 5.91 Å². The highest BCUT2D eigenvalue weighted by Crippen LogP contribution is 2.30. The van der Waals surface area contributed by atoms with Crippen molar-refractivity contribution in [1.82, 2.24) is 5.32 Å². The van der Waals surface area contributed by atoms with Crippen LogP contribution in [0.4, 0.5) is 0 Å². The molecule has 3 heteroatoms. The molecule has 1 saturated carbocycles. The number of nitrogens with one attached hydrogen (secondary N) is 1. The van der Waals surface area contributed by atoms with Crippen molar-refractivity contribution >= 4 is 5.91 Å². The first-order chi connectivity index (χ1) is 12.8. The van der Waals surface area contributed by atoms with Crippen LogP contribution in [0.25, 0.3) is 0 Å². The molecule has 2 aliphatic rings. The van der Waals surface area contributed by atoms with Crippen LogP contribution in [-0.4, -0.2) is 24.2 Å². The minimum absolute atomic E-state index is 0.219. The number of rotatable bonds is 15. The van der Waals surface area contributed by atoms with Gasteiger partial charge in [-0.2, -0.15) is 0 Å². The third-order valence-corrected chi connectivity index (χ3v) is 4.91. The fourth-order valence-corrected chi connectivity index (χ4v) is 3.03. The van der Waals surface area contributed by atoms with Crippen molar-refractivity contribution in [2.24, 2.45) is 0 Å². The molecule has 1 amide bonds. The smallest absolute Gasteiger partial charge is 0.220 e. The molecule has 1 N–H and O–H groups in total. The molecule has 0 spiro atoms. The van der Waals surface area contributed by atoms with E-state index in [1.54, 1.807) is 0 Å². The summed E-state index contributed by atoms with van der Waals surface area (Å²) in [6, 6.07) is 0.487. The first-order valence-corrected chi connectivity index (χ1v) is 10.7. The van der Waals surface area contributed by atoms with Crippen LogP contribution in [0.15, 0.2) is 36.5 Å². The van der Waals surface area contributed by atoms with Crippen LogP contribution in [0.5, 0.6) is 0 Å². The maximum Gasteiger partial charge on any atom is 0.220 e. The zero-order valence-electron chi connectivity index (χ0n) is 16.5. The van der Waals surface area contributed by atoms with Crippen molar-refractivity contribution in [1.29, 1.82) is 0 Å². The topological polar surface area (TPSA) is 41.6 Å². The normalized spacial score (nSPS) is 22.7. The maximum atomic E-state index is 11.5. The predicted octanol–water partition coefficient (Wildman–Crippen LogP) is 5.62. The van der Waals surface area contributed by atoms with Crippen LogP contribution in [0.2, 0.25) is 0 Å². The van der Waals surface area contributed by atoms with Crippen LogP contribution >= 0.6 is 0 Å². The highest BCUT2D eigenvalue weighted by molar-refractivity contribution is 5.76. The lowest BCUT2D eigenvalue weighted by atomic mass is 10.1. The summed E-state index contributed by atoms with van der Waals surface area (Å²) in [5.74, 6) is 0.219. The number of hydrogen-bond acceptors (Lipinski definition) is 2. The standard InChI is InChI=1S/C23H37NO2/c1-2-3-12-15-21-22(26-21)16-13-10-8-6-4-5-7-9-11-14-17-23(25)24-20-18-19-20/h4,6-7,9-10,13,20-22H,2-3,5,8,11-12,14-19H2,1H3,(H,24,25)/b6-4-,9-7-,13-10-. The minimum atomic E-state index is 0.219. The average Bonchev–Trinajstić information content (AvgIpc) is 3.54. The molecule has 1 saturated heterocycles. The molecule has 0 bridgehead atoms. The fourth-order valence-electron chi connectivity index (χ4n) is 3.03. The number of allylic oxidation sites excluding steroid dienone is 5. The highest BCUT2D eigenvalue weighted by Gasteiger charge is 2.36. The van der Waals surface area contributed by atoms with E-state index < -0.39 is 0 Å². The van der Waals surface area contributed by atoms with Crippen molar-refractivity contribution < 1.29 is 9.53 Å². The Balaban J connectivity index is 1.36. The Hall–Kier alpha value is -1.35. The Morgan fingerprint density at radius 2 is 1.69 bits per heavy atom. The maximum absolute atomic E-state index is 11.5. The molecule has 2 fully saturated rings. The van der Waals surface area contributed by atoms with Crippen LogP contribution in [0.1, 0.15) is 84.0 Å². The van der Waals surface area contributed by atoms with Gasteiger partial charge in [-0.3, -0.25) is 4.79 Å². The first kappa shape index (κ1) is 21.0.